The Kier molecular flexibility index (Phi) is 3.48. The fraction of sp³-hybridized carbons (Fsp3) is 0.538. The second-order valence-corrected chi connectivity index (χ2v) is 6.45. The molecule has 2 aliphatic heterocycles. The standard InChI is InChI=1S/C13H15N3O4S/c1-7-5-15(6-9(7)12(19)20)10(17)8-4-14-13-16(11(8)18)2-3-21-13/h4,7,9H,2-3,5-6H2,1H3,(H,19,20). The molecule has 112 valence electrons. The van der Waals surface area contributed by atoms with Gasteiger partial charge in [0.1, 0.15) is 5.56 Å². The van der Waals surface area contributed by atoms with Crippen molar-refractivity contribution in [3.63, 3.8) is 0 Å². The lowest BCUT2D eigenvalue weighted by molar-refractivity contribution is -0.142. The van der Waals surface area contributed by atoms with Crippen molar-refractivity contribution in [2.24, 2.45) is 11.8 Å². The van der Waals surface area contributed by atoms with Crippen molar-refractivity contribution in [3.05, 3.63) is 22.1 Å². The Morgan fingerprint density at radius 2 is 2.19 bits per heavy atom. The van der Waals surface area contributed by atoms with Gasteiger partial charge in [0.15, 0.2) is 5.16 Å². The molecule has 8 heteroatoms. The summed E-state index contributed by atoms with van der Waals surface area (Å²) in [5.74, 6) is -1.24. The molecule has 7 nitrogen and oxygen atoms in total. The third-order valence-electron chi connectivity index (χ3n) is 4.00. The quantitative estimate of drug-likeness (QED) is 0.781. The molecule has 1 aromatic heterocycles. The van der Waals surface area contributed by atoms with Gasteiger partial charge in [0.25, 0.3) is 11.5 Å². The van der Waals surface area contributed by atoms with Crippen molar-refractivity contribution in [1.29, 1.82) is 0 Å². The average Bonchev–Trinajstić information content (AvgIpc) is 3.05. The van der Waals surface area contributed by atoms with E-state index in [4.69, 9.17) is 5.11 Å². The number of aliphatic carboxylic acids is 1. The van der Waals surface area contributed by atoms with Gasteiger partial charge in [-0.15, -0.1) is 0 Å². The highest BCUT2D eigenvalue weighted by Crippen LogP contribution is 2.25. The number of aromatic nitrogens is 2. The Bertz CT molecular complexity index is 672. The van der Waals surface area contributed by atoms with Crippen LogP contribution in [0.4, 0.5) is 0 Å². The molecule has 0 spiro atoms. The number of rotatable bonds is 2. The number of carboxylic acids is 1. The van der Waals surface area contributed by atoms with Crippen LogP contribution >= 0.6 is 11.8 Å². The normalized spacial score (nSPS) is 24.1. The lowest BCUT2D eigenvalue weighted by atomic mass is 9.99. The first-order valence-corrected chi connectivity index (χ1v) is 7.72. The molecule has 0 aliphatic carbocycles. The molecule has 0 radical (unpaired) electrons. The SMILES string of the molecule is CC1CN(C(=O)c2cnc3n(c2=O)CCS3)CC1C(=O)O. The summed E-state index contributed by atoms with van der Waals surface area (Å²) in [7, 11) is 0. The lowest BCUT2D eigenvalue weighted by Crippen LogP contribution is -2.36. The predicted octanol–water partition coefficient (Wildman–Crippen LogP) is 0.142. The first-order valence-electron chi connectivity index (χ1n) is 6.73. The summed E-state index contributed by atoms with van der Waals surface area (Å²) in [6, 6.07) is 0. The van der Waals surface area contributed by atoms with Crippen molar-refractivity contribution >= 4 is 23.6 Å². The van der Waals surface area contributed by atoms with Crippen LogP contribution in [0.25, 0.3) is 0 Å². The van der Waals surface area contributed by atoms with Gasteiger partial charge in [-0.05, 0) is 5.92 Å². The van der Waals surface area contributed by atoms with Crippen LogP contribution in [-0.2, 0) is 11.3 Å². The number of carbonyl (C=O) groups excluding carboxylic acids is 1. The van der Waals surface area contributed by atoms with E-state index in [0.717, 1.165) is 5.75 Å². The summed E-state index contributed by atoms with van der Waals surface area (Å²) < 4.78 is 1.51. The lowest BCUT2D eigenvalue weighted by Gasteiger charge is -2.15. The number of thioether (sulfide) groups is 1. The maximum atomic E-state index is 12.5. The molecule has 2 aliphatic rings. The summed E-state index contributed by atoms with van der Waals surface area (Å²) in [5.41, 5.74) is -0.305. The Morgan fingerprint density at radius 3 is 2.86 bits per heavy atom. The summed E-state index contributed by atoms with van der Waals surface area (Å²) in [6.07, 6.45) is 1.31. The van der Waals surface area contributed by atoms with Crippen molar-refractivity contribution in [3.8, 4) is 0 Å². The van der Waals surface area contributed by atoms with Gasteiger partial charge in [-0.2, -0.15) is 0 Å². The summed E-state index contributed by atoms with van der Waals surface area (Å²) in [5, 5.41) is 9.75. The van der Waals surface area contributed by atoms with Crippen LogP contribution in [0, 0.1) is 11.8 Å². The molecule has 1 saturated heterocycles. The van der Waals surface area contributed by atoms with E-state index in [1.165, 1.54) is 27.4 Å². The van der Waals surface area contributed by atoms with Crippen LogP contribution in [-0.4, -0.2) is 50.3 Å². The number of carbonyl (C=O) groups is 2. The molecule has 0 saturated carbocycles. The molecular weight excluding hydrogens is 294 g/mol. The fourth-order valence-corrected chi connectivity index (χ4v) is 3.70. The van der Waals surface area contributed by atoms with Gasteiger partial charge in [-0.25, -0.2) is 4.98 Å². The average molecular weight is 309 g/mol. The van der Waals surface area contributed by atoms with Crippen LogP contribution in [0.1, 0.15) is 17.3 Å². The number of hydrogen-bond donors (Lipinski definition) is 1. The van der Waals surface area contributed by atoms with Gasteiger partial charge in [-0.3, -0.25) is 19.0 Å². The molecule has 3 heterocycles. The van der Waals surface area contributed by atoms with E-state index in [1.807, 2.05) is 0 Å². The number of hydrogen-bond acceptors (Lipinski definition) is 5. The third kappa shape index (κ3) is 2.33. The largest absolute Gasteiger partial charge is 0.481 e. The molecule has 1 aromatic rings. The molecule has 1 N–H and O–H groups in total. The zero-order chi connectivity index (χ0) is 15.1. The minimum Gasteiger partial charge on any atom is -0.481 e. The van der Waals surface area contributed by atoms with Crippen molar-refractivity contribution in [1.82, 2.24) is 14.5 Å². The van der Waals surface area contributed by atoms with E-state index in [2.05, 4.69) is 4.98 Å². The molecular formula is C13H15N3O4S. The zero-order valence-corrected chi connectivity index (χ0v) is 12.3. The molecule has 3 rings (SSSR count). The topological polar surface area (TPSA) is 92.5 Å². The third-order valence-corrected chi connectivity index (χ3v) is 4.97. The van der Waals surface area contributed by atoms with E-state index >= 15 is 0 Å². The van der Waals surface area contributed by atoms with Crippen LogP contribution < -0.4 is 5.56 Å². The second kappa shape index (κ2) is 5.18. The minimum atomic E-state index is -0.905. The molecule has 1 amide bonds. The number of amides is 1. The van der Waals surface area contributed by atoms with E-state index < -0.39 is 17.8 Å². The number of nitrogens with zero attached hydrogens (tertiary/aromatic N) is 3. The Hall–Kier alpha value is -1.83. The number of likely N-dealkylation sites (tertiary alicyclic amines) is 1. The Balaban J connectivity index is 1.87. The van der Waals surface area contributed by atoms with Gasteiger partial charge in [-0.1, -0.05) is 18.7 Å². The van der Waals surface area contributed by atoms with Crippen molar-refractivity contribution < 1.29 is 14.7 Å². The molecule has 0 bridgehead atoms. The highest BCUT2D eigenvalue weighted by molar-refractivity contribution is 7.99. The highest BCUT2D eigenvalue weighted by Gasteiger charge is 2.38. The van der Waals surface area contributed by atoms with E-state index in [0.29, 0.717) is 18.2 Å². The number of carboxylic acid groups (broad SMARTS) is 1. The monoisotopic (exact) mass is 309 g/mol. The second-order valence-electron chi connectivity index (χ2n) is 5.39. The Morgan fingerprint density at radius 1 is 1.43 bits per heavy atom. The van der Waals surface area contributed by atoms with Gasteiger partial charge >= 0.3 is 5.97 Å². The molecule has 1 fully saturated rings. The molecule has 2 atom stereocenters. The summed E-state index contributed by atoms with van der Waals surface area (Å²) >= 11 is 1.49. The minimum absolute atomic E-state index is 0.0273. The van der Waals surface area contributed by atoms with Crippen molar-refractivity contribution in [2.45, 2.75) is 18.6 Å². The molecule has 21 heavy (non-hydrogen) atoms. The van der Waals surface area contributed by atoms with Gasteiger partial charge < -0.3 is 10.0 Å². The zero-order valence-electron chi connectivity index (χ0n) is 11.5. The summed E-state index contributed by atoms with van der Waals surface area (Å²) in [4.78, 5) is 41.5. The van der Waals surface area contributed by atoms with Gasteiger partial charge in [0.05, 0.1) is 5.92 Å². The van der Waals surface area contributed by atoms with Gasteiger partial charge in [0.2, 0.25) is 0 Å². The molecule has 2 unspecified atom stereocenters. The van der Waals surface area contributed by atoms with Crippen LogP contribution in [0.15, 0.2) is 16.1 Å². The van der Waals surface area contributed by atoms with Crippen LogP contribution in [0.2, 0.25) is 0 Å². The van der Waals surface area contributed by atoms with E-state index in [1.54, 1.807) is 6.92 Å². The highest BCUT2D eigenvalue weighted by atomic mass is 32.2. The summed E-state index contributed by atoms with van der Waals surface area (Å²) in [6.45, 7) is 2.86. The predicted molar refractivity (Wildman–Crippen MR) is 75.4 cm³/mol. The maximum Gasteiger partial charge on any atom is 0.308 e. The van der Waals surface area contributed by atoms with Crippen molar-refractivity contribution in [2.75, 3.05) is 18.8 Å². The first kappa shape index (κ1) is 14.1. The van der Waals surface area contributed by atoms with E-state index in [-0.39, 0.29) is 23.6 Å². The van der Waals surface area contributed by atoms with E-state index in [9.17, 15) is 14.4 Å². The number of fused-ring (bicyclic) bond motifs is 1. The van der Waals surface area contributed by atoms with Gasteiger partial charge in [0, 0.05) is 31.6 Å². The Labute approximate surface area is 125 Å². The fourth-order valence-electron chi connectivity index (χ4n) is 2.79. The molecule has 0 aromatic carbocycles. The van der Waals surface area contributed by atoms with Crippen LogP contribution in [0.3, 0.4) is 0 Å². The van der Waals surface area contributed by atoms with Crippen LogP contribution in [0.5, 0.6) is 0 Å². The maximum absolute atomic E-state index is 12.5. The smallest absolute Gasteiger partial charge is 0.308 e. The first-order chi connectivity index (χ1) is 9.99.